The van der Waals surface area contributed by atoms with E-state index >= 15 is 0 Å². The molecule has 1 unspecified atom stereocenters. The smallest absolute Gasteiger partial charge is 0.224 e. The Bertz CT molecular complexity index is 251. The number of rotatable bonds is 4. The molecule has 1 saturated carbocycles. The van der Waals surface area contributed by atoms with E-state index in [-0.39, 0.29) is 11.8 Å². The molecule has 0 spiro atoms. The summed E-state index contributed by atoms with van der Waals surface area (Å²) in [6, 6.07) is 0.750. The Hall–Kier alpha value is -0.610. The number of nitrogens with two attached hydrogens (primary N) is 1. The van der Waals surface area contributed by atoms with Crippen LogP contribution in [0.2, 0.25) is 0 Å². The van der Waals surface area contributed by atoms with Crippen LogP contribution in [0.3, 0.4) is 0 Å². The lowest BCUT2D eigenvalue weighted by Gasteiger charge is -2.36. The van der Waals surface area contributed by atoms with Crippen molar-refractivity contribution in [3.63, 3.8) is 0 Å². The fraction of sp³-hybridized carbons (Fsp3) is 0.923. The number of amides is 1. The zero-order valence-electron chi connectivity index (χ0n) is 10.7. The standard InChI is InChI=1S/C13H25N3O/c14-7-8-15-13(17)11-4-3-9-16(10-11)12-5-1-2-6-12/h11-12H,1-10,14H2,(H,15,17). The molecule has 3 N–H and O–H groups in total. The minimum Gasteiger partial charge on any atom is -0.355 e. The number of piperidine rings is 1. The van der Waals surface area contributed by atoms with E-state index in [0.29, 0.717) is 13.1 Å². The fourth-order valence-corrected chi connectivity index (χ4v) is 3.16. The molecule has 98 valence electrons. The number of hydrogen-bond donors (Lipinski definition) is 2. The molecule has 1 aliphatic heterocycles. The van der Waals surface area contributed by atoms with E-state index in [0.717, 1.165) is 25.4 Å². The summed E-state index contributed by atoms with van der Waals surface area (Å²) in [7, 11) is 0. The van der Waals surface area contributed by atoms with Crippen LogP contribution < -0.4 is 11.1 Å². The maximum atomic E-state index is 11.9. The molecule has 0 aromatic carbocycles. The molecule has 1 saturated heterocycles. The largest absolute Gasteiger partial charge is 0.355 e. The van der Waals surface area contributed by atoms with Crippen molar-refractivity contribution in [2.45, 2.75) is 44.6 Å². The maximum Gasteiger partial charge on any atom is 0.224 e. The molecule has 2 aliphatic rings. The molecule has 1 aliphatic carbocycles. The average Bonchev–Trinajstić information content (AvgIpc) is 2.90. The highest BCUT2D eigenvalue weighted by atomic mass is 16.1. The van der Waals surface area contributed by atoms with Crippen LogP contribution in [-0.4, -0.2) is 43.0 Å². The van der Waals surface area contributed by atoms with Crippen LogP contribution in [0.5, 0.6) is 0 Å². The van der Waals surface area contributed by atoms with Crippen molar-refractivity contribution in [2.24, 2.45) is 11.7 Å². The van der Waals surface area contributed by atoms with Gasteiger partial charge in [-0.2, -0.15) is 0 Å². The fourth-order valence-electron chi connectivity index (χ4n) is 3.16. The Morgan fingerprint density at radius 1 is 1.24 bits per heavy atom. The molecule has 4 nitrogen and oxygen atoms in total. The molecule has 0 aromatic rings. The van der Waals surface area contributed by atoms with Crippen molar-refractivity contribution in [1.82, 2.24) is 10.2 Å². The molecular weight excluding hydrogens is 214 g/mol. The van der Waals surface area contributed by atoms with Crippen LogP contribution in [0.25, 0.3) is 0 Å². The molecule has 0 aromatic heterocycles. The van der Waals surface area contributed by atoms with Gasteiger partial charge < -0.3 is 11.1 Å². The zero-order chi connectivity index (χ0) is 12.1. The second-order valence-corrected chi connectivity index (χ2v) is 5.35. The lowest BCUT2D eigenvalue weighted by molar-refractivity contribution is -0.126. The zero-order valence-corrected chi connectivity index (χ0v) is 10.7. The molecule has 4 heteroatoms. The summed E-state index contributed by atoms with van der Waals surface area (Å²) in [6.45, 7) is 3.29. The van der Waals surface area contributed by atoms with E-state index < -0.39 is 0 Å². The Labute approximate surface area is 104 Å². The summed E-state index contributed by atoms with van der Waals surface area (Å²) in [6.07, 6.45) is 7.60. The lowest BCUT2D eigenvalue weighted by Crippen LogP contribution is -2.47. The predicted molar refractivity (Wildman–Crippen MR) is 68.6 cm³/mol. The van der Waals surface area contributed by atoms with Crippen molar-refractivity contribution in [1.29, 1.82) is 0 Å². The van der Waals surface area contributed by atoms with Crippen LogP contribution in [-0.2, 0) is 4.79 Å². The van der Waals surface area contributed by atoms with Gasteiger partial charge in [0.15, 0.2) is 0 Å². The van der Waals surface area contributed by atoms with Gasteiger partial charge in [0.1, 0.15) is 0 Å². The first-order valence-electron chi connectivity index (χ1n) is 7.03. The van der Waals surface area contributed by atoms with Crippen molar-refractivity contribution in [3.05, 3.63) is 0 Å². The minimum atomic E-state index is 0.191. The Morgan fingerprint density at radius 2 is 2.00 bits per heavy atom. The summed E-state index contributed by atoms with van der Waals surface area (Å²) in [5, 5.41) is 2.92. The third kappa shape index (κ3) is 3.42. The number of carbonyl (C=O) groups excluding carboxylic acids is 1. The lowest BCUT2D eigenvalue weighted by atomic mass is 9.95. The van der Waals surface area contributed by atoms with Crippen molar-refractivity contribution in [3.8, 4) is 0 Å². The van der Waals surface area contributed by atoms with Gasteiger partial charge in [-0.25, -0.2) is 0 Å². The topological polar surface area (TPSA) is 58.4 Å². The maximum absolute atomic E-state index is 11.9. The van der Waals surface area contributed by atoms with Crippen LogP contribution in [0.1, 0.15) is 38.5 Å². The average molecular weight is 239 g/mol. The summed E-state index contributed by atoms with van der Waals surface area (Å²) in [5.41, 5.74) is 5.41. The van der Waals surface area contributed by atoms with E-state index in [9.17, 15) is 4.79 Å². The van der Waals surface area contributed by atoms with E-state index in [1.165, 1.54) is 32.2 Å². The molecule has 0 bridgehead atoms. The second kappa shape index (κ2) is 6.36. The van der Waals surface area contributed by atoms with Gasteiger partial charge >= 0.3 is 0 Å². The van der Waals surface area contributed by atoms with Gasteiger partial charge in [-0.05, 0) is 32.2 Å². The Kier molecular flexibility index (Phi) is 4.80. The molecular formula is C13H25N3O. The minimum absolute atomic E-state index is 0.191. The van der Waals surface area contributed by atoms with Crippen LogP contribution in [0, 0.1) is 5.92 Å². The monoisotopic (exact) mass is 239 g/mol. The van der Waals surface area contributed by atoms with Crippen LogP contribution in [0.4, 0.5) is 0 Å². The van der Waals surface area contributed by atoms with Gasteiger partial charge in [0.25, 0.3) is 0 Å². The predicted octanol–water partition coefficient (Wildman–Crippen LogP) is 0.716. The second-order valence-electron chi connectivity index (χ2n) is 5.35. The van der Waals surface area contributed by atoms with E-state index in [4.69, 9.17) is 5.73 Å². The first-order valence-corrected chi connectivity index (χ1v) is 7.03. The quantitative estimate of drug-likeness (QED) is 0.760. The van der Waals surface area contributed by atoms with E-state index in [1.54, 1.807) is 0 Å². The summed E-state index contributed by atoms with van der Waals surface area (Å²) in [5.74, 6) is 0.397. The van der Waals surface area contributed by atoms with Crippen LogP contribution in [0.15, 0.2) is 0 Å². The molecule has 1 atom stereocenters. The third-order valence-corrected chi connectivity index (χ3v) is 4.11. The third-order valence-electron chi connectivity index (χ3n) is 4.11. The Balaban J connectivity index is 1.81. The Morgan fingerprint density at radius 3 is 2.71 bits per heavy atom. The number of nitrogens with zero attached hydrogens (tertiary/aromatic N) is 1. The first kappa shape index (κ1) is 12.8. The highest BCUT2D eigenvalue weighted by molar-refractivity contribution is 5.78. The highest BCUT2D eigenvalue weighted by Crippen LogP contribution is 2.27. The molecule has 2 fully saturated rings. The van der Waals surface area contributed by atoms with Gasteiger partial charge in [-0.3, -0.25) is 9.69 Å². The van der Waals surface area contributed by atoms with Gasteiger partial charge in [-0.1, -0.05) is 12.8 Å². The SMILES string of the molecule is NCCNC(=O)C1CCCN(C2CCCC2)C1. The highest BCUT2D eigenvalue weighted by Gasteiger charge is 2.30. The number of nitrogens with one attached hydrogen (secondary N) is 1. The summed E-state index contributed by atoms with van der Waals surface area (Å²) in [4.78, 5) is 14.5. The van der Waals surface area contributed by atoms with Crippen molar-refractivity contribution in [2.75, 3.05) is 26.2 Å². The number of likely N-dealkylation sites (tertiary alicyclic amines) is 1. The summed E-state index contributed by atoms with van der Waals surface area (Å²) >= 11 is 0. The van der Waals surface area contributed by atoms with E-state index in [1.807, 2.05) is 0 Å². The van der Waals surface area contributed by atoms with Gasteiger partial charge in [0.05, 0.1) is 5.92 Å². The van der Waals surface area contributed by atoms with Gasteiger partial charge in [0.2, 0.25) is 5.91 Å². The molecule has 2 rings (SSSR count). The van der Waals surface area contributed by atoms with Crippen molar-refractivity contribution < 1.29 is 4.79 Å². The molecule has 1 heterocycles. The van der Waals surface area contributed by atoms with Gasteiger partial charge in [0, 0.05) is 25.7 Å². The normalized spacial score (nSPS) is 27.2. The first-order chi connectivity index (χ1) is 8.31. The van der Waals surface area contributed by atoms with Crippen LogP contribution >= 0.6 is 0 Å². The van der Waals surface area contributed by atoms with E-state index in [2.05, 4.69) is 10.2 Å². The number of carbonyl (C=O) groups is 1. The molecule has 0 radical (unpaired) electrons. The number of hydrogen-bond acceptors (Lipinski definition) is 3. The summed E-state index contributed by atoms with van der Waals surface area (Å²) < 4.78 is 0. The van der Waals surface area contributed by atoms with Crippen molar-refractivity contribution >= 4 is 5.91 Å². The molecule has 17 heavy (non-hydrogen) atoms. The molecule has 1 amide bonds. The van der Waals surface area contributed by atoms with Gasteiger partial charge in [-0.15, -0.1) is 0 Å².